The molecule has 0 bridgehead atoms. The zero-order valence-electron chi connectivity index (χ0n) is 31.7. The third-order valence-electron chi connectivity index (χ3n) is 8.20. The molecule has 0 aromatic heterocycles. The molecule has 4 atom stereocenters. The van der Waals surface area contributed by atoms with E-state index < -0.39 is 53.9 Å². The van der Waals surface area contributed by atoms with Gasteiger partial charge in [-0.1, -0.05) is 81.1 Å². The number of rotatable bonds is 18. The molecule has 0 spiro atoms. The first-order valence-electron chi connectivity index (χ1n) is 17.1. The number of esters is 4. The molecule has 0 radical (unpaired) electrons. The average Bonchev–Trinajstić information content (AvgIpc) is 3.12. The summed E-state index contributed by atoms with van der Waals surface area (Å²) in [6.07, 6.45) is 3.19. The Morgan fingerprint density at radius 2 is 0.755 bits per heavy atom. The summed E-state index contributed by atoms with van der Waals surface area (Å²) in [5.41, 5.74) is -0.994. The molecule has 0 saturated heterocycles. The Morgan fingerprint density at radius 3 is 0.981 bits per heavy atom. The summed E-state index contributed by atoms with van der Waals surface area (Å²) in [4.78, 5) is 46.8. The first kappa shape index (κ1) is 50.7. The van der Waals surface area contributed by atoms with Crippen molar-refractivity contribution in [3.05, 3.63) is 58.7 Å². The van der Waals surface area contributed by atoms with Crippen LogP contribution in [0.4, 0.5) is 0 Å². The van der Waals surface area contributed by atoms with Crippen LogP contribution in [0.3, 0.4) is 0 Å². The first-order valence-corrected chi connectivity index (χ1v) is 19.9. The summed E-state index contributed by atoms with van der Waals surface area (Å²) in [6, 6.07) is 6.41. The van der Waals surface area contributed by atoms with Crippen LogP contribution in [0.5, 0.6) is 0 Å². The second kappa shape index (κ2) is 24.3. The number of carbonyl (C=O) groups excluding carboxylic acids is 4. The van der Waals surface area contributed by atoms with Crippen LogP contribution >= 0.6 is 0 Å². The molecular formula is C36H50BaO14S2. The van der Waals surface area contributed by atoms with Gasteiger partial charge in [0.05, 0.1) is 58.5 Å². The molecule has 0 fully saturated rings. The summed E-state index contributed by atoms with van der Waals surface area (Å²) in [6.45, 7) is 15.8. The zero-order valence-corrected chi connectivity index (χ0v) is 37.7. The maximum absolute atomic E-state index is 12.1. The molecular weight excluding hydrogens is 858 g/mol. The van der Waals surface area contributed by atoms with Crippen molar-refractivity contribution in [3.8, 4) is 0 Å². The van der Waals surface area contributed by atoms with Crippen molar-refractivity contribution in [2.24, 2.45) is 23.7 Å². The largest absolute Gasteiger partial charge is 2.00 e. The van der Waals surface area contributed by atoms with E-state index >= 15 is 0 Å². The van der Waals surface area contributed by atoms with Crippen molar-refractivity contribution in [2.75, 3.05) is 26.4 Å². The minimum atomic E-state index is -4.97. The van der Waals surface area contributed by atoms with Crippen LogP contribution in [-0.4, -0.2) is 125 Å². The molecule has 0 aliphatic rings. The number of benzene rings is 2. The van der Waals surface area contributed by atoms with Crippen molar-refractivity contribution in [1.82, 2.24) is 0 Å². The molecule has 2 aromatic carbocycles. The van der Waals surface area contributed by atoms with Crippen molar-refractivity contribution in [1.29, 1.82) is 0 Å². The molecule has 0 amide bonds. The molecule has 53 heavy (non-hydrogen) atoms. The molecule has 0 aliphatic carbocycles. The summed E-state index contributed by atoms with van der Waals surface area (Å²) >= 11 is 0. The van der Waals surface area contributed by atoms with Crippen molar-refractivity contribution < 1.29 is 64.1 Å². The fourth-order valence-electron chi connectivity index (χ4n) is 3.71. The maximum atomic E-state index is 12.1. The predicted molar refractivity (Wildman–Crippen MR) is 194 cm³/mol. The minimum Gasteiger partial charge on any atom is -0.744 e. The Labute approximate surface area is 353 Å². The molecule has 0 N–H and O–H groups in total. The monoisotopic (exact) mass is 908 g/mol. The normalized spacial score (nSPS) is 13.5. The molecule has 4 unspecified atom stereocenters. The van der Waals surface area contributed by atoms with Crippen molar-refractivity contribution >= 4 is 93.0 Å². The van der Waals surface area contributed by atoms with E-state index in [-0.39, 0.29) is 121 Å². The Hall–Kier alpha value is -2.29. The number of carbonyl (C=O) groups is 4. The smallest absolute Gasteiger partial charge is 0.744 e. The standard InChI is InChI=1S/2C18H26O7S.Ba/c2*1-5-12(3)10-24-17(19)14-7-8-15(16(9-14)26(21,22)23)18(20)25-11-13(4)6-2;/h2*7-9,12-13H,5-6,10-11H2,1-4H3,(H,21,22,23);/q;;+2/p-2. The van der Waals surface area contributed by atoms with Crippen LogP contribution in [0.2, 0.25) is 0 Å². The van der Waals surface area contributed by atoms with Gasteiger partial charge in [0.1, 0.15) is 20.2 Å². The van der Waals surface area contributed by atoms with Gasteiger partial charge in [0, 0.05) is 0 Å². The minimum absolute atomic E-state index is 0. The molecule has 0 saturated carbocycles. The Morgan fingerprint density at radius 1 is 0.509 bits per heavy atom. The van der Waals surface area contributed by atoms with Crippen LogP contribution in [0.1, 0.15) is 123 Å². The quantitative estimate of drug-likeness (QED) is 0.0768. The molecule has 0 heterocycles. The van der Waals surface area contributed by atoms with E-state index in [9.17, 15) is 45.1 Å². The summed E-state index contributed by atoms with van der Waals surface area (Å²) in [5.74, 6) is -2.85. The van der Waals surface area contributed by atoms with E-state index in [2.05, 4.69) is 0 Å². The van der Waals surface area contributed by atoms with Gasteiger partial charge in [-0.05, 0) is 60.1 Å². The first-order chi connectivity index (χ1) is 24.2. The van der Waals surface area contributed by atoms with E-state index in [1.54, 1.807) is 0 Å². The Balaban J connectivity index is 0.00000100. The molecule has 17 heteroatoms. The second-order valence-electron chi connectivity index (χ2n) is 12.8. The zero-order chi connectivity index (χ0) is 39.8. The van der Waals surface area contributed by atoms with Crippen LogP contribution in [0.15, 0.2) is 46.2 Å². The van der Waals surface area contributed by atoms with Crippen molar-refractivity contribution in [3.63, 3.8) is 0 Å². The van der Waals surface area contributed by atoms with E-state index in [1.807, 2.05) is 55.4 Å². The molecule has 292 valence electrons. The summed E-state index contributed by atoms with van der Waals surface area (Å²) in [7, 11) is -9.95. The van der Waals surface area contributed by atoms with E-state index in [4.69, 9.17) is 18.9 Å². The summed E-state index contributed by atoms with van der Waals surface area (Å²) in [5, 5.41) is 0. The Bertz CT molecular complexity index is 1610. The molecule has 14 nitrogen and oxygen atoms in total. The fourth-order valence-corrected chi connectivity index (χ4v) is 5.10. The van der Waals surface area contributed by atoms with Crippen LogP contribution in [0.25, 0.3) is 0 Å². The van der Waals surface area contributed by atoms with E-state index in [0.29, 0.717) is 0 Å². The van der Waals surface area contributed by atoms with Gasteiger partial charge in [0.2, 0.25) is 0 Å². The van der Waals surface area contributed by atoms with E-state index in [0.717, 1.165) is 49.9 Å². The van der Waals surface area contributed by atoms with Gasteiger partial charge in [-0.2, -0.15) is 0 Å². The molecule has 2 rings (SSSR count). The number of hydrogen-bond donors (Lipinski definition) is 0. The van der Waals surface area contributed by atoms with Gasteiger partial charge in [0.25, 0.3) is 0 Å². The molecule has 2 aromatic rings. The third-order valence-corrected chi connectivity index (χ3v) is 9.95. The van der Waals surface area contributed by atoms with Crippen molar-refractivity contribution in [2.45, 2.75) is 90.9 Å². The SMILES string of the molecule is CCC(C)COC(=O)c1ccc(C(=O)OCC(C)CC)c(S(=O)(=O)[O-])c1.CCC(C)COC(=O)c1ccc(C(=O)OCC(C)CC)c(S(=O)(=O)[O-])c1.[Ba+2]. The van der Waals surface area contributed by atoms with Gasteiger partial charge in [-0.25, -0.2) is 36.0 Å². The van der Waals surface area contributed by atoms with Crippen LogP contribution < -0.4 is 0 Å². The van der Waals surface area contributed by atoms with Crippen LogP contribution in [0, 0.1) is 23.7 Å². The predicted octanol–water partition coefficient (Wildman–Crippen LogP) is 5.61. The summed E-state index contributed by atoms with van der Waals surface area (Å²) < 4.78 is 89.4. The third kappa shape index (κ3) is 17.8. The van der Waals surface area contributed by atoms with E-state index in [1.165, 1.54) is 12.1 Å². The Kier molecular flexibility index (Phi) is 23.2. The molecule has 0 aliphatic heterocycles. The van der Waals surface area contributed by atoms with Gasteiger partial charge in [-0.15, -0.1) is 0 Å². The fraction of sp³-hybridized carbons (Fsp3) is 0.556. The maximum Gasteiger partial charge on any atom is 2.00 e. The van der Waals surface area contributed by atoms with Crippen LogP contribution in [-0.2, 0) is 39.2 Å². The topological polar surface area (TPSA) is 220 Å². The van der Waals surface area contributed by atoms with Gasteiger partial charge >= 0.3 is 72.8 Å². The number of ether oxygens (including phenoxy) is 4. The van der Waals surface area contributed by atoms with Gasteiger partial charge < -0.3 is 28.1 Å². The average molecular weight is 908 g/mol. The van der Waals surface area contributed by atoms with Gasteiger partial charge in [-0.3, -0.25) is 0 Å². The second-order valence-corrected chi connectivity index (χ2v) is 15.5. The number of hydrogen-bond acceptors (Lipinski definition) is 14. The van der Waals surface area contributed by atoms with Gasteiger partial charge in [0.15, 0.2) is 0 Å².